The lowest BCUT2D eigenvalue weighted by Crippen LogP contribution is -2.24. The Kier molecular flexibility index (Phi) is 7.50. The van der Waals surface area contributed by atoms with Crippen molar-refractivity contribution in [1.82, 2.24) is 5.32 Å². The van der Waals surface area contributed by atoms with E-state index >= 15 is 0 Å². The molecule has 14 heavy (non-hydrogen) atoms. The van der Waals surface area contributed by atoms with Gasteiger partial charge in [0.2, 0.25) is 0 Å². The summed E-state index contributed by atoms with van der Waals surface area (Å²) in [6.45, 7) is 9.43. The Balaban J connectivity index is 3.04. The molecule has 3 nitrogen and oxygen atoms in total. The van der Waals surface area contributed by atoms with Gasteiger partial charge in [0.25, 0.3) is 0 Å². The first-order chi connectivity index (χ1) is 6.56. The first kappa shape index (κ1) is 13.4. The molecule has 0 unspecified atom stereocenters. The van der Waals surface area contributed by atoms with E-state index in [1.165, 1.54) is 0 Å². The predicted molar refractivity (Wildman–Crippen MR) is 58.2 cm³/mol. The van der Waals surface area contributed by atoms with Crippen LogP contribution in [0.25, 0.3) is 0 Å². The molecule has 0 saturated heterocycles. The summed E-state index contributed by atoms with van der Waals surface area (Å²) in [6.07, 6.45) is 5.07. The summed E-state index contributed by atoms with van der Waals surface area (Å²) in [5.74, 6) is 2.50. The average molecular weight is 199 g/mol. The van der Waals surface area contributed by atoms with Gasteiger partial charge in [-0.3, -0.25) is 0 Å². The van der Waals surface area contributed by atoms with Gasteiger partial charge in [0.05, 0.1) is 32.0 Å². The third-order valence-corrected chi connectivity index (χ3v) is 1.41. The molecule has 1 N–H and O–H groups in total. The van der Waals surface area contributed by atoms with Crippen molar-refractivity contribution in [3.05, 3.63) is 0 Å². The Labute approximate surface area is 87.2 Å². The van der Waals surface area contributed by atoms with Gasteiger partial charge in [0.15, 0.2) is 0 Å². The second-order valence-corrected chi connectivity index (χ2v) is 3.95. The Morgan fingerprint density at radius 2 is 1.93 bits per heavy atom. The van der Waals surface area contributed by atoms with E-state index < -0.39 is 0 Å². The van der Waals surface area contributed by atoms with Crippen molar-refractivity contribution in [1.29, 1.82) is 0 Å². The molecule has 0 aliphatic rings. The average Bonchev–Trinajstić information content (AvgIpc) is 2.08. The fraction of sp³-hybridized carbons (Fsp3) is 0.818. The van der Waals surface area contributed by atoms with Crippen LogP contribution in [0.1, 0.15) is 20.8 Å². The van der Waals surface area contributed by atoms with Crippen LogP contribution >= 0.6 is 0 Å². The molecule has 0 atom stereocenters. The topological polar surface area (TPSA) is 30.5 Å². The molecule has 82 valence electrons. The maximum absolute atomic E-state index is 5.48. The molecule has 0 spiro atoms. The Morgan fingerprint density at radius 1 is 1.21 bits per heavy atom. The molecule has 0 radical (unpaired) electrons. The normalized spacial score (nSPS) is 11.3. The van der Waals surface area contributed by atoms with Crippen LogP contribution < -0.4 is 5.32 Å². The molecule has 0 amide bonds. The highest BCUT2D eigenvalue weighted by molar-refractivity contribution is 4.86. The third kappa shape index (κ3) is 11.4. The Bertz CT molecular complexity index is 167. The van der Waals surface area contributed by atoms with Crippen molar-refractivity contribution in [3.63, 3.8) is 0 Å². The number of ether oxygens (including phenoxy) is 2. The van der Waals surface area contributed by atoms with Gasteiger partial charge in [-0.2, -0.15) is 0 Å². The summed E-state index contributed by atoms with van der Waals surface area (Å²) in [5.41, 5.74) is -0.0783. The Hall–Kier alpha value is -0.560. The van der Waals surface area contributed by atoms with Gasteiger partial charge in [-0.05, 0) is 20.8 Å². The van der Waals surface area contributed by atoms with E-state index in [4.69, 9.17) is 15.9 Å². The standard InChI is InChI=1S/C11H21NO2/c1-5-6-12-7-8-13-9-10-14-11(2,3)4/h1,12H,6-10H2,2-4H3. The summed E-state index contributed by atoms with van der Waals surface area (Å²) in [6, 6.07) is 0. The smallest absolute Gasteiger partial charge is 0.0707 e. The van der Waals surface area contributed by atoms with Gasteiger partial charge in [0, 0.05) is 6.54 Å². The highest BCUT2D eigenvalue weighted by Gasteiger charge is 2.08. The minimum Gasteiger partial charge on any atom is -0.378 e. The van der Waals surface area contributed by atoms with Gasteiger partial charge < -0.3 is 14.8 Å². The van der Waals surface area contributed by atoms with E-state index in [0.717, 1.165) is 6.54 Å². The first-order valence-electron chi connectivity index (χ1n) is 4.92. The summed E-state index contributed by atoms with van der Waals surface area (Å²) in [4.78, 5) is 0. The zero-order chi connectivity index (χ0) is 10.9. The molecule has 0 aromatic heterocycles. The van der Waals surface area contributed by atoms with Crippen LogP contribution in [0.15, 0.2) is 0 Å². The Morgan fingerprint density at radius 3 is 2.50 bits per heavy atom. The van der Waals surface area contributed by atoms with Gasteiger partial charge in [-0.15, -0.1) is 6.42 Å². The number of hydrogen-bond acceptors (Lipinski definition) is 3. The monoisotopic (exact) mass is 199 g/mol. The molecule has 0 aromatic carbocycles. The zero-order valence-corrected chi connectivity index (χ0v) is 9.43. The summed E-state index contributed by atoms with van der Waals surface area (Å²) in [5, 5.41) is 3.04. The van der Waals surface area contributed by atoms with Crippen LogP contribution in [0, 0.1) is 12.3 Å². The van der Waals surface area contributed by atoms with Crippen molar-refractivity contribution < 1.29 is 9.47 Å². The van der Waals surface area contributed by atoms with Gasteiger partial charge in [0.1, 0.15) is 0 Å². The number of hydrogen-bond donors (Lipinski definition) is 1. The van der Waals surface area contributed by atoms with Crippen molar-refractivity contribution in [3.8, 4) is 12.3 Å². The second-order valence-electron chi connectivity index (χ2n) is 3.95. The third-order valence-electron chi connectivity index (χ3n) is 1.41. The highest BCUT2D eigenvalue weighted by Crippen LogP contribution is 2.05. The van der Waals surface area contributed by atoms with E-state index in [0.29, 0.717) is 26.4 Å². The van der Waals surface area contributed by atoms with Crippen molar-refractivity contribution in [2.24, 2.45) is 0 Å². The van der Waals surface area contributed by atoms with Crippen molar-refractivity contribution >= 4 is 0 Å². The van der Waals surface area contributed by atoms with E-state index in [2.05, 4.69) is 11.2 Å². The summed E-state index contributed by atoms with van der Waals surface area (Å²) >= 11 is 0. The largest absolute Gasteiger partial charge is 0.378 e. The van der Waals surface area contributed by atoms with Gasteiger partial charge in [-0.25, -0.2) is 0 Å². The van der Waals surface area contributed by atoms with Crippen LogP contribution in [-0.4, -0.2) is 38.5 Å². The molecule has 0 aliphatic carbocycles. The van der Waals surface area contributed by atoms with Crippen molar-refractivity contribution in [2.45, 2.75) is 26.4 Å². The minimum absolute atomic E-state index is 0.0783. The molecule has 0 bridgehead atoms. The quantitative estimate of drug-likeness (QED) is 0.491. The second kappa shape index (κ2) is 7.81. The minimum atomic E-state index is -0.0783. The maximum Gasteiger partial charge on any atom is 0.0707 e. The number of rotatable bonds is 7. The first-order valence-corrected chi connectivity index (χ1v) is 4.92. The SMILES string of the molecule is C#CCNCCOCCOC(C)(C)C. The van der Waals surface area contributed by atoms with E-state index in [9.17, 15) is 0 Å². The molecule has 3 heteroatoms. The zero-order valence-electron chi connectivity index (χ0n) is 9.43. The van der Waals surface area contributed by atoms with Crippen LogP contribution in [-0.2, 0) is 9.47 Å². The van der Waals surface area contributed by atoms with Crippen LogP contribution in [0.4, 0.5) is 0 Å². The van der Waals surface area contributed by atoms with Gasteiger partial charge in [-0.1, -0.05) is 5.92 Å². The van der Waals surface area contributed by atoms with Crippen LogP contribution in [0.5, 0.6) is 0 Å². The summed E-state index contributed by atoms with van der Waals surface area (Å²) < 4.78 is 10.8. The van der Waals surface area contributed by atoms with Crippen LogP contribution in [0.2, 0.25) is 0 Å². The van der Waals surface area contributed by atoms with E-state index in [1.807, 2.05) is 20.8 Å². The van der Waals surface area contributed by atoms with E-state index in [1.54, 1.807) is 0 Å². The van der Waals surface area contributed by atoms with E-state index in [-0.39, 0.29) is 5.60 Å². The van der Waals surface area contributed by atoms with Crippen molar-refractivity contribution in [2.75, 3.05) is 32.9 Å². The molecule has 0 aliphatic heterocycles. The molecule has 0 saturated carbocycles. The highest BCUT2D eigenvalue weighted by atomic mass is 16.5. The summed E-state index contributed by atoms with van der Waals surface area (Å²) in [7, 11) is 0. The fourth-order valence-corrected chi connectivity index (χ4v) is 0.814. The predicted octanol–water partition coefficient (Wildman–Crippen LogP) is 1.04. The molecular weight excluding hydrogens is 178 g/mol. The lowest BCUT2D eigenvalue weighted by Gasteiger charge is -2.19. The fourth-order valence-electron chi connectivity index (χ4n) is 0.814. The molecular formula is C11H21NO2. The lowest BCUT2D eigenvalue weighted by atomic mass is 10.2. The van der Waals surface area contributed by atoms with Crippen LogP contribution in [0.3, 0.4) is 0 Å². The number of terminal acetylenes is 1. The molecule has 0 aromatic rings. The molecule has 0 heterocycles. The number of nitrogens with one attached hydrogen (secondary N) is 1. The lowest BCUT2D eigenvalue weighted by molar-refractivity contribution is -0.0342. The van der Waals surface area contributed by atoms with Gasteiger partial charge >= 0.3 is 0 Å². The maximum atomic E-state index is 5.48. The molecule has 0 rings (SSSR count). The molecule has 0 fully saturated rings.